The van der Waals surface area contributed by atoms with E-state index >= 15 is 0 Å². The van der Waals surface area contributed by atoms with E-state index in [9.17, 15) is 0 Å². The van der Waals surface area contributed by atoms with E-state index in [1.807, 2.05) is 6.92 Å². The lowest BCUT2D eigenvalue weighted by Crippen LogP contribution is -2.30. The van der Waals surface area contributed by atoms with Crippen LogP contribution in [0.3, 0.4) is 0 Å². The zero-order valence-electron chi connectivity index (χ0n) is 7.73. The van der Waals surface area contributed by atoms with Crippen LogP contribution in [-0.4, -0.2) is 28.4 Å². The highest BCUT2D eigenvalue weighted by molar-refractivity contribution is 8.00. The number of ether oxygens (including phenoxy) is 1. The highest BCUT2D eigenvalue weighted by Gasteiger charge is 2.21. The number of nitrogens with zero attached hydrogens (tertiary/aromatic N) is 3. The molecule has 1 aliphatic heterocycles. The standard InChI is InChI=1S/C9H9N3OS/c1-6-11-3-7(2-10)9(12-6)14-8-4-13-5-8/h3,8H,4-5H2,1H3. The molecule has 0 unspecified atom stereocenters. The van der Waals surface area contributed by atoms with E-state index in [2.05, 4.69) is 16.0 Å². The minimum atomic E-state index is 0.441. The normalized spacial score (nSPS) is 16.0. The van der Waals surface area contributed by atoms with Crippen molar-refractivity contribution in [3.8, 4) is 6.07 Å². The first-order valence-electron chi connectivity index (χ1n) is 4.27. The Labute approximate surface area is 86.3 Å². The van der Waals surface area contributed by atoms with Crippen molar-refractivity contribution in [1.29, 1.82) is 5.26 Å². The molecule has 1 aliphatic rings. The minimum absolute atomic E-state index is 0.441. The fraction of sp³-hybridized carbons (Fsp3) is 0.444. The van der Waals surface area contributed by atoms with E-state index in [-0.39, 0.29) is 0 Å². The summed E-state index contributed by atoms with van der Waals surface area (Å²) in [6.07, 6.45) is 1.57. The SMILES string of the molecule is Cc1ncc(C#N)c(SC2COC2)n1. The van der Waals surface area contributed by atoms with Crippen LogP contribution in [-0.2, 0) is 4.74 Å². The molecule has 0 N–H and O–H groups in total. The monoisotopic (exact) mass is 207 g/mol. The fourth-order valence-electron chi connectivity index (χ4n) is 1.06. The number of aryl methyl sites for hydroxylation is 1. The number of rotatable bonds is 2. The summed E-state index contributed by atoms with van der Waals surface area (Å²) in [6.45, 7) is 3.32. The average molecular weight is 207 g/mol. The van der Waals surface area contributed by atoms with Crippen molar-refractivity contribution in [2.45, 2.75) is 17.2 Å². The second-order valence-corrected chi connectivity index (χ2v) is 4.31. The summed E-state index contributed by atoms with van der Waals surface area (Å²) in [5.41, 5.74) is 0.549. The number of hydrogen-bond donors (Lipinski definition) is 0. The van der Waals surface area contributed by atoms with Gasteiger partial charge in [0, 0.05) is 6.20 Å². The maximum absolute atomic E-state index is 8.84. The molecule has 2 heterocycles. The number of thioether (sulfide) groups is 1. The van der Waals surface area contributed by atoms with E-state index in [1.54, 1.807) is 18.0 Å². The van der Waals surface area contributed by atoms with Crippen molar-refractivity contribution in [3.05, 3.63) is 17.6 Å². The van der Waals surface area contributed by atoms with Crippen LogP contribution in [0.15, 0.2) is 11.2 Å². The average Bonchev–Trinajstić information content (AvgIpc) is 2.12. The van der Waals surface area contributed by atoms with Gasteiger partial charge in [-0.1, -0.05) is 11.8 Å². The molecular weight excluding hydrogens is 198 g/mol. The first-order valence-corrected chi connectivity index (χ1v) is 5.15. The number of nitriles is 1. The van der Waals surface area contributed by atoms with E-state index in [0.29, 0.717) is 16.6 Å². The Morgan fingerprint density at radius 2 is 2.43 bits per heavy atom. The molecule has 5 heteroatoms. The topological polar surface area (TPSA) is 58.8 Å². The lowest BCUT2D eigenvalue weighted by molar-refractivity contribution is 0.0454. The van der Waals surface area contributed by atoms with E-state index in [0.717, 1.165) is 18.2 Å². The highest BCUT2D eigenvalue weighted by atomic mass is 32.2. The maximum atomic E-state index is 8.84. The van der Waals surface area contributed by atoms with E-state index in [1.165, 1.54) is 0 Å². The van der Waals surface area contributed by atoms with Crippen molar-refractivity contribution < 1.29 is 4.74 Å². The predicted octanol–water partition coefficient (Wildman–Crippen LogP) is 1.15. The summed E-state index contributed by atoms with van der Waals surface area (Å²) < 4.78 is 5.06. The van der Waals surface area contributed by atoms with Gasteiger partial charge < -0.3 is 4.74 Å². The van der Waals surface area contributed by atoms with Crippen LogP contribution in [0.2, 0.25) is 0 Å². The van der Waals surface area contributed by atoms with Crippen molar-refractivity contribution in [1.82, 2.24) is 9.97 Å². The van der Waals surface area contributed by atoms with Crippen LogP contribution in [0.4, 0.5) is 0 Å². The third-order valence-electron chi connectivity index (χ3n) is 1.88. The first-order chi connectivity index (χ1) is 6.79. The van der Waals surface area contributed by atoms with Gasteiger partial charge in [0.2, 0.25) is 0 Å². The van der Waals surface area contributed by atoms with Gasteiger partial charge in [0.15, 0.2) is 0 Å². The van der Waals surface area contributed by atoms with Crippen LogP contribution in [0.1, 0.15) is 11.4 Å². The van der Waals surface area contributed by atoms with Gasteiger partial charge in [-0.15, -0.1) is 0 Å². The summed E-state index contributed by atoms with van der Waals surface area (Å²) in [6, 6.07) is 2.09. The Morgan fingerprint density at radius 3 is 3.00 bits per heavy atom. The fourth-order valence-corrected chi connectivity index (χ4v) is 2.11. The smallest absolute Gasteiger partial charge is 0.126 e. The van der Waals surface area contributed by atoms with Gasteiger partial charge in [0.25, 0.3) is 0 Å². The molecule has 0 aromatic carbocycles. The molecule has 0 spiro atoms. The zero-order chi connectivity index (χ0) is 9.97. The molecule has 0 atom stereocenters. The molecule has 1 fully saturated rings. The van der Waals surface area contributed by atoms with E-state index in [4.69, 9.17) is 10.00 Å². The van der Waals surface area contributed by atoms with E-state index < -0.39 is 0 Å². The minimum Gasteiger partial charge on any atom is -0.379 e. The molecule has 0 saturated carbocycles. The summed E-state index contributed by atoms with van der Waals surface area (Å²) in [5.74, 6) is 0.701. The molecule has 0 radical (unpaired) electrons. The molecule has 1 saturated heterocycles. The van der Waals surface area contributed by atoms with Crippen molar-refractivity contribution in [2.75, 3.05) is 13.2 Å². The Bertz CT molecular complexity index is 384. The molecule has 72 valence electrons. The summed E-state index contributed by atoms with van der Waals surface area (Å²) >= 11 is 1.60. The lowest BCUT2D eigenvalue weighted by atomic mass is 10.4. The van der Waals surface area contributed by atoms with Gasteiger partial charge in [0.05, 0.1) is 18.5 Å². The van der Waals surface area contributed by atoms with Crippen LogP contribution in [0.5, 0.6) is 0 Å². The van der Waals surface area contributed by atoms with Gasteiger partial charge in [-0.2, -0.15) is 5.26 Å². The second-order valence-electron chi connectivity index (χ2n) is 3.03. The largest absolute Gasteiger partial charge is 0.379 e. The lowest BCUT2D eigenvalue weighted by Gasteiger charge is -2.24. The molecule has 14 heavy (non-hydrogen) atoms. The van der Waals surface area contributed by atoms with Crippen molar-refractivity contribution in [2.24, 2.45) is 0 Å². The summed E-state index contributed by atoms with van der Waals surface area (Å²) in [5, 5.41) is 10.1. The number of hydrogen-bond acceptors (Lipinski definition) is 5. The predicted molar refractivity (Wildman–Crippen MR) is 51.9 cm³/mol. The molecule has 1 aromatic rings. The van der Waals surface area contributed by atoms with Gasteiger partial charge in [-0.3, -0.25) is 0 Å². The van der Waals surface area contributed by atoms with Crippen LogP contribution >= 0.6 is 11.8 Å². The Balaban J connectivity index is 2.21. The quantitative estimate of drug-likeness (QED) is 0.681. The Hall–Kier alpha value is -1.12. The second kappa shape index (κ2) is 3.95. The molecule has 4 nitrogen and oxygen atoms in total. The first kappa shape index (κ1) is 9.44. The van der Waals surface area contributed by atoms with Gasteiger partial charge in [0.1, 0.15) is 22.5 Å². The van der Waals surface area contributed by atoms with Crippen molar-refractivity contribution >= 4 is 11.8 Å². The van der Waals surface area contributed by atoms with Gasteiger partial charge in [-0.25, -0.2) is 9.97 Å². The molecule has 0 amide bonds. The molecule has 1 aromatic heterocycles. The van der Waals surface area contributed by atoms with Crippen molar-refractivity contribution in [3.63, 3.8) is 0 Å². The van der Waals surface area contributed by atoms with Crippen LogP contribution < -0.4 is 0 Å². The molecular formula is C9H9N3OS. The van der Waals surface area contributed by atoms with Gasteiger partial charge in [-0.05, 0) is 6.92 Å². The Kier molecular flexibility index (Phi) is 2.66. The van der Waals surface area contributed by atoms with Crippen LogP contribution in [0.25, 0.3) is 0 Å². The van der Waals surface area contributed by atoms with Crippen LogP contribution in [0, 0.1) is 18.3 Å². The molecule has 0 bridgehead atoms. The third-order valence-corrected chi connectivity index (χ3v) is 3.02. The summed E-state index contributed by atoms with van der Waals surface area (Å²) in [7, 11) is 0. The summed E-state index contributed by atoms with van der Waals surface area (Å²) in [4.78, 5) is 8.22. The third kappa shape index (κ3) is 1.86. The van der Waals surface area contributed by atoms with Gasteiger partial charge >= 0.3 is 0 Å². The molecule has 0 aliphatic carbocycles. The maximum Gasteiger partial charge on any atom is 0.126 e. The zero-order valence-corrected chi connectivity index (χ0v) is 8.54. The highest BCUT2D eigenvalue weighted by Crippen LogP contribution is 2.28. The number of aromatic nitrogens is 2. The Morgan fingerprint density at radius 1 is 1.64 bits per heavy atom. The molecule has 2 rings (SSSR count).